The fourth-order valence-electron chi connectivity index (χ4n) is 3.53. The van der Waals surface area contributed by atoms with Crippen molar-refractivity contribution in [3.63, 3.8) is 0 Å². The number of nitrogens with one attached hydrogen (secondary N) is 1. The van der Waals surface area contributed by atoms with Crippen LogP contribution in [-0.2, 0) is 9.59 Å². The number of carboxylic acid groups (broad SMARTS) is 2. The van der Waals surface area contributed by atoms with Crippen LogP contribution in [0, 0.1) is 11.8 Å². The van der Waals surface area contributed by atoms with Crippen molar-refractivity contribution in [1.29, 1.82) is 0 Å². The highest BCUT2D eigenvalue weighted by Gasteiger charge is 2.42. The van der Waals surface area contributed by atoms with Gasteiger partial charge in [-0.15, -0.1) is 0 Å². The van der Waals surface area contributed by atoms with Crippen LogP contribution in [-0.4, -0.2) is 33.2 Å². The van der Waals surface area contributed by atoms with Gasteiger partial charge in [0.1, 0.15) is 0 Å². The predicted molar refractivity (Wildman–Crippen MR) is 72.0 cm³/mol. The maximum absolute atomic E-state index is 11.4. The summed E-state index contributed by atoms with van der Waals surface area (Å²) in [6, 6.07) is 0. The second-order valence-corrected chi connectivity index (χ2v) is 6.94. The summed E-state index contributed by atoms with van der Waals surface area (Å²) in [6.45, 7) is 8.27. The van der Waals surface area contributed by atoms with Crippen LogP contribution >= 0.6 is 0 Å². The van der Waals surface area contributed by atoms with Gasteiger partial charge >= 0.3 is 11.9 Å². The predicted octanol–water partition coefficient (Wildman–Crippen LogP) is 2.11. The first-order chi connectivity index (χ1) is 8.52. The normalized spacial score (nSPS) is 23.8. The molecular formula is C14H25NO4. The molecule has 1 rings (SSSR count). The average Bonchev–Trinajstić information content (AvgIpc) is 2.10. The van der Waals surface area contributed by atoms with Gasteiger partial charge in [0.15, 0.2) is 0 Å². The van der Waals surface area contributed by atoms with E-state index < -0.39 is 17.9 Å². The molecule has 3 N–H and O–H groups in total. The molecule has 1 heterocycles. The van der Waals surface area contributed by atoms with Crippen molar-refractivity contribution < 1.29 is 19.8 Å². The summed E-state index contributed by atoms with van der Waals surface area (Å²) in [5.41, 5.74) is -0.243. The fourth-order valence-corrected chi connectivity index (χ4v) is 3.53. The van der Waals surface area contributed by atoms with Gasteiger partial charge < -0.3 is 15.5 Å². The van der Waals surface area contributed by atoms with Gasteiger partial charge in [0, 0.05) is 17.5 Å². The van der Waals surface area contributed by atoms with E-state index in [2.05, 4.69) is 33.0 Å². The Labute approximate surface area is 114 Å². The van der Waals surface area contributed by atoms with Gasteiger partial charge in [-0.2, -0.15) is 0 Å². The summed E-state index contributed by atoms with van der Waals surface area (Å²) >= 11 is 0. The van der Waals surface area contributed by atoms with Crippen LogP contribution in [0.3, 0.4) is 0 Å². The largest absolute Gasteiger partial charge is 0.481 e. The first kappa shape index (κ1) is 16.0. The Morgan fingerprint density at radius 2 is 1.63 bits per heavy atom. The highest BCUT2D eigenvalue weighted by atomic mass is 16.4. The maximum atomic E-state index is 11.4. The number of rotatable bonds is 5. The molecule has 1 aliphatic heterocycles. The standard InChI is InChI=1S/C14H25NO4/c1-13(2)7-9(8-14(3,4)15-13)10(12(18)19)5-6-11(16)17/h9-10,15H,5-8H2,1-4H3,(H,16,17)(H,18,19). The molecule has 1 aliphatic rings. The zero-order valence-corrected chi connectivity index (χ0v) is 12.2. The topological polar surface area (TPSA) is 86.6 Å². The zero-order valence-electron chi connectivity index (χ0n) is 12.2. The Morgan fingerprint density at radius 3 is 2.00 bits per heavy atom. The Kier molecular flexibility index (Phi) is 4.61. The minimum absolute atomic E-state index is 0.0168. The van der Waals surface area contributed by atoms with Gasteiger partial charge in [-0.05, 0) is 52.9 Å². The fraction of sp³-hybridized carbons (Fsp3) is 0.857. The van der Waals surface area contributed by atoms with E-state index in [1.807, 2.05) is 0 Å². The maximum Gasteiger partial charge on any atom is 0.306 e. The van der Waals surface area contributed by atoms with Crippen LogP contribution in [0.15, 0.2) is 0 Å². The van der Waals surface area contributed by atoms with E-state index in [0.29, 0.717) is 0 Å². The summed E-state index contributed by atoms with van der Waals surface area (Å²) in [5.74, 6) is -2.36. The molecule has 1 unspecified atom stereocenters. The number of carboxylic acids is 2. The van der Waals surface area contributed by atoms with Crippen LogP contribution in [0.4, 0.5) is 0 Å². The lowest BCUT2D eigenvalue weighted by atomic mass is 9.70. The number of carbonyl (C=O) groups is 2. The van der Waals surface area contributed by atoms with Crippen LogP contribution in [0.5, 0.6) is 0 Å². The van der Waals surface area contributed by atoms with Crippen molar-refractivity contribution in [2.45, 2.75) is 64.5 Å². The van der Waals surface area contributed by atoms with E-state index in [1.165, 1.54) is 0 Å². The zero-order chi connectivity index (χ0) is 14.8. The van der Waals surface area contributed by atoms with Crippen LogP contribution in [0.1, 0.15) is 53.4 Å². The number of hydrogen-bond donors (Lipinski definition) is 3. The molecule has 19 heavy (non-hydrogen) atoms. The summed E-state index contributed by atoms with van der Waals surface area (Å²) in [5, 5.41) is 21.6. The average molecular weight is 271 g/mol. The number of hydrogen-bond acceptors (Lipinski definition) is 3. The highest BCUT2D eigenvalue weighted by Crippen LogP contribution is 2.38. The van der Waals surface area contributed by atoms with E-state index >= 15 is 0 Å². The minimum atomic E-state index is -0.932. The van der Waals surface area contributed by atoms with Gasteiger partial charge in [-0.1, -0.05) is 0 Å². The lowest BCUT2D eigenvalue weighted by molar-refractivity contribution is -0.146. The summed E-state index contributed by atoms with van der Waals surface area (Å²) in [6.07, 6.45) is 1.64. The van der Waals surface area contributed by atoms with Crippen LogP contribution in [0.25, 0.3) is 0 Å². The third kappa shape index (κ3) is 4.82. The molecule has 0 radical (unpaired) electrons. The highest BCUT2D eigenvalue weighted by molar-refractivity contribution is 5.72. The van der Waals surface area contributed by atoms with Crippen molar-refractivity contribution in [1.82, 2.24) is 5.32 Å². The molecule has 0 aromatic rings. The molecule has 0 aromatic carbocycles. The molecule has 110 valence electrons. The van der Waals surface area contributed by atoms with Crippen molar-refractivity contribution >= 4 is 11.9 Å². The molecule has 1 atom stereocenters. The van der Waals surface area contributed by atoms with Crippen molar-refractivity contribution in [3.8, 4) is 0 Å². The van der Waals surface area contributed by atoms with Gasteiger partial charge in [-0.25, -0.2) is 0 Å². The second kappa shape index (κ2) is 5.49. The summed E-state index contributed by atoms with van der Waals surface area (Å²) in [4.78, 5) is 22.1. The third-order valence-corrected chi connectivity index (χ3v) is 3.78. The molecule has 0 amide bonds. The molecule has 0 bridgehead atoms. The van der Waals surface area contributed by atoms with Crippen molar-refractivity contribution in [2.75, 3.05) is 0 Å². The van der Waals surface area contributed by atoms with E-state index in [1.54, 1.807) is 0 Å². The lowest BCUT2D eigenvalue weighted by Crippen LogP contribution is -2.59. The van der Waals surface area contributed by atoms with Gasteiger partial charge in [-0.3, -0.25) is 9.59 Å². The Bertz CT molecular complexity index is 346. The van der Waals surface area contributed by atoms with Gasteiger partial charge in [0.25, 0.3) is 0 Å². The van der Waals surface area contributed by atoms with E-state index in [4.69, 9.17) is 5.11 Å². The van der Waals surface area contributed by atoms with Crippen molar-refractivity contribution in [3.05, 3.63) is 0 Å². The quantitative estimate of drug-likeness (QED) is 0.713. The molecule has 5 heteroatoms. The van der Waals surface area contributed by atoms with Crippen molar-refractivity contribution in [2.24, 2.45) is 11.8 Å². The molecule has 0 aromatic heterocycles. The first-order valence-corrected chi connectivity index (χ1v) is 6.76. The molecule has 0 saturated carbocycles. The number of piperidine rings is 1. The van der Waals surface area contributed by atoms with E-state index in [0.717, 1.165) is 12.8 Å². The molecule has 0 aliphatic carbocycles. The minimum Gasteiger partial charge on any atom is -0.481 e. The van der Waals surface area contributed by atoms with Crippen LogP contribution in [0.2, 0.25) is 0 Å². The smallest absolute Gasteiger partial charge is 0.306 e. The third-order valence-electron chi connectivity index (χ3n) is 3.78. The molecule has 1 saturated heterocycles. The molecular weight excluding hydrogens is 246 g/mol. The van der Waals surface area contributed by atoms with Crippen LogP contribution < -0.4 is 5.32 Å². The molecule has 5 nitrogen and oxygen atoms in total. The van der Waals surface area contributed by atoms with Gasteiger partial charge in [0.05, 0.1) is 5.92 Å². The molecule has 1 fully saturated rings. The SMILES string of the molecule is CC1(C)CC(C(CCC(=O)O)C(=O)O)CC(C)(C)N1. The molecule has 0 spiro atoms. The lowest BCUT2D eigenvalue weighted by Gasteiger charge is -2.48. The Balaban J connectivity index is 2.83. The monoisotopic (exact) mass is 271 g/mol. The Morgan fingerprint density at radius 1 is 1.16 bits per heavy atom. The van der Waals surface area contributed by atoms with Gasteiger partial charge in [0.2, 0.25) is 0 Å². The second-order valence-electron chi connectivity index (χ2n) is 6.94. The van der Waals surface area contributed by atoms with E-state index in [-0.39, 0.29) is 29.8 Å². The Hall–Kier alpha value is -1.10. The van der Waals surface area contributed by atoms with E-state index in [9.17, 15) is 14.7 Å². The summed E-state index contributed by atoms with van der Waals surface area (Å²) in [7, 11) is 0. The number of aliphatic carboxylic acids is 2. The first-order valence-electron chi connectivity index (χ1n) is 6.76. The summed E-state index contributed by atoms with van der Waals surface area (Å²) < 4.78 is 0.